The van der Waals surface area contributed by atoms with Gasteiger partial charge in [-0.1, -0.05) is 19.1 Å². The van der Waals surface area contributed by atoms with E-state index in [0.717, 1.165) is 0 Å². The zero-order chi connectivity index (χ0) is 15.6. The van der Waals surface area contributed by atoms with Crippen molar-refractivity contribution in [3.05, 3.63) is 29.8 Å². The maximum atomic E-state index is 11.9. The molecule has 0 aliphatic carbocycles. The van der Waals surface area contributed by atoms with Crippen LogP contribution in [-0.2, 0) is 15.1 Å². The minimum Gasteiger partial charge on any atom is -0.325 e. The fourth-order valence-corrected chi connectivity index (χ4v) is 2.07. The Hall–Kier alpha value is -2.41. The number of rotatable bonds is 4. The zero-order valence-corrected chi connectivity index (χ0v) is 11.9. The van der Waals surface area contributed by atoms with Crippen LogP contribution < -0.4 is 21.7 Å². The molecule has 1 unspecified atom stereocenters. The van der Waals surface area contributed by atoms with Crippen LogP contribution in [0, 0.1) is 0 Å². The third kappa shape index (κ3) is 2.87. The van der Waals surface area contributed by atoms with Crippen molar-refractivity contribution in [1.82, 2.24) is 10.6 Å². The number of anilines is 1. The Morgan fingerprint density at radius 1 is 1.43 bits per heavy atom. The lowest BCUT2D eigenvalue weighted by atomic mass is 9.92. The van der Waals surface area contributed by atoms with Crippen LogP contribution in [0.3, 0.4) is 0 Å². The molecule has 2 rings (SSSR count). The number of nitrogens with one attached hydrogen (secondary N) is 3. The average molecular weight is 290 g/mol. The molecule has 1 heterocycles. The van der Waals surface area contributed by atoms with Crippen molar-refractivity contribution in [2.24, 2.45) is 5.73 Å². The van der Waals surface area contributed by atoms with Gasteiger partial charge in [0, 0.05) is 5.69 Å². The van der Waals surface area contributed by atoms with Crippen LogP contribution in [0.1, 0.15) is 25.8 Å². The van der Waals surface area contributed by atoms with Gasteiger partial charge in [0.2, 0.25) is 5.91 Å². The first-order valence-electron chi connectivity index (χ1n) is 6.67. The molecule has 1 aliphatic rings. The molecular formula is C14H18N4O3. The van der Waals surface area contributed by atoms with Gasteiger partial charge in [0.1, 0.15) is 5.54 Å². The van der Waals surface area contributed by atoms with E-state index >= 15 is 0 Å². The Morgan fingerprint density at radius 2 is 2.14 bits per heavy atom. The van der Waals surface area contributed by atoms with Crippen molar-refractivity contribution < 1.29 is 14.4 Å². The lowest BCUT2D eigenvalue weighted by molar-refractivity contribution is -0.123. The second kappa shape index (κ2) is 5.53. The molecule has 2 atom stereocenters. The fraction of sp³-hybridized carbons (Fsp3) is 0.357. The van der Waals surface area contributed by atoms with Crippen LogP contribution in [0.5, 0.6) is 0 Å². The average Bonchev–Trinajstić information content (AvgIpc) is 2.72. The molecule has 0 bridgehead atoms. The Labute approximate surface area is 122 Å². The molecule has 7 nitrogen and oxygen atoms in total. The third-order valence-electron chi connectivity index (χ3n) is 3.53. The summed E-state index contributed by atoms with van der Waals surface area (Å²) in [7, 11) is 0. The smallest absolute Gasteiger partial charge is 0.322 e. The van der Waals surface area contributed by atoms with Gasteiger partial charge >= 0.3 is 6.03 Å². The Balaban J connectivity index is 2.24. The molecule has 1 aromatic rings. The molecule has 0 aromatic heterocycles. The molecule has 0 spiro atoms. The molecule has 1 aliphatic heterocycles. The highest BCUT2D eigenvalue weighted by atomic mass is 16.2. The highest BCUT2D eigenvalue weighted by Gasteiger charge is 2.43. The summed E-state index contributed by atoms with van der Waals surface area (Å²) >= 11 is 0. The summed E-state index contributed by atoms with van der Waals surface area (Å²) in [4.78, 5) is 35.0. The van der Waals surface area contributed by atoms with Gasteiger partial charge in [0.25, 0.3) is 5.91 Å². The molecule has 112 valence electrons. The van der Waals surface area contributed by atoms with Gasteiger partial charge in [-0.05, 0) is 31.0 Å². The maximum absolute atomic E-state index is 11.9. The van der Waals surface area contributed by atoms with Crippen LogP contribution in [0.15, 0.2) is 24.3 Å². The van der Waals surface area contributed by atoms with E-state index in [0.29, 0.717) is 17.7 Å². The molecule has 5 N–H and O–H groups in total. The molecule has 21 heavy (non-hydrogen) atoms. The van der Waals surface area contributed by atoms with Crippen molar-refractivity contribution in [3.8, 4) is 0 Å². The first-order valence-corrected chi connectivity index (χ1v) is 6.67. The quantitative estimate of drug-likeness (QED) is 0.602. The van der Waals surface area contributed by atoms with E-state index in [9.17, 15) is 14.4 Å². The highest BCUT2D eigenvalue weighted by molar-refractivity contribution is 6.07. The Bertz CT molecular complexity index is 602. The molecular weight excluding hydrogens is 272 g/mol. The molecule has 4 amide bonds. The third-order valence-corrected chi connectivity index (χ3v) is 3.53. The lowest BCUT2D eigenvalue weighted by Gasteiger charge is -2.22. The summed E-state index contributed by atoms with van der Waals surface area (Å²) in [5.41, 5.74) is 5.61. The second-order valence-electron chi connectivity index (χ2n) is 5.12. The van der Waals surface area contributed by atoms with Crippen LogP contribution in [0.4, 0.5) is 10.5 Å². The Kier molecular flexibility index (Phi) is 3.95. The fourth-order valence-electron chi connectivity index (χ4n) is 2.07. The first kappa shape index (κ1) is 15.0. The van der Waals surface area contributed by atoms with Crippen molar-refractivity contribution in [1.29, 1.82) is 0 Å². The van der Waals surface area contributed by atoms with Gasteiger partial charge in [-0.25, -0.2) is 4.79 Å². The van der Waals surface area contributed by atoms with Crippen molar-refractivity contribution >= 4 is 23.5 Å². The number of amides is 4. The van der Waals surface area contributed by atoms with Gasteiger partial charge in [-0.3, -0.25) is 14.9 Å². The minimum atomic E-state index is -1.15. The van der Waals surface area contributed by atoms with E-state index in [1.165, 1.54) is 0 Å². The number of imide groups is 1. The van der Waals surface area contributed by atoms with E-state index in [1.54, 1.807) is 31.2 Å². The molecule has 1 saturated heterocycles. The number of hydrogen-bond donors (Lipinski definition) is 4. The van der Waals surface area contributed by atoms with Gasteiger partial charge in [-0.15, -0.1) is 0 Å². The monoisotopic (exact) mass is 290 g/mol. The Morgan fingerprint density at radius 3 is 2.71 bits per heavy atom. The highest BCUT2D eigenvalue weighted by Crippen LogP contribution is 2.26. The van der Waals surface area contributed by atoms with E-state index in [4.69, 9.17) is 5.73 Å². The van der Waals surface area contributed by atoms with E-state index in [2.05, 4.69) is 16.0 Å². The number of carbonyl (C=O) groups excluding carboxylic acids is 3. The summed E-state index contributed by atoms with van der Waals surface area (Å²) in [5.74, 6) is -0.721. The predicted octanol–water partition coefficient (Wildman–Crippen LogP) is 0.417. The predicted molar refractivity (Wildman–Crippen MR) is 77.4 cm³/mol. The number of urea groups is 1. The number of carbonyl (C=O) groups is 3. The SMILES string of the molecule is CC[C@H](N)C(=O)Nc1cccc(C2(C)NC(=O)NC2=O)c1. The maximum Gasteiger partial charge on any atom is 0.322 e. The normalized spacial score (nSPS) is 22.4. The molecule has 0 radical (unpaired) electrons. The summed E-state index contributed by atoms with van der Waals surface area (Å²) in [6, 6.07) is 5.63. The molecule has 1 fully saturated rings. The van der Waals surface area contributed by atoms with Crippen molar-refractivity contribution in [2.75, 3.05) is 5.32 Å². The summed E-state index contributed by atoms with van der Waals surface area (Å²) < 4.78 is 0. The van der Waals surface area contributed by atoms with Crippen LogP contribution in [0.25, 0.3) is 0 Å². The van der Waals surface area contributed by atoms with Crippen LogP contribution in [-0.4, -0.2) is 23.9 Å². The van der Waals surface area contributed by atoms with Gasteiger partial charge in [0.15, 0.2) is 0 Å². The summed E-state index contributed by atoms with van der Waals surface area (Å²) in [6.07, 6.45) is 0.529. The van der Waals surface area contributed by atoms with Crippen molar-refractivity contribution in [2.45, 2.75) is 31.8 Å². The number of nitrogens with two attached hydrogens (primary N) is 1. The lowest BCUT2D eigenvalue weighted by Crippen LogP contribution is -2.40. The standard InChI is InChI=1S/C14H18N4O3/c1-3-10(15)11(19)16-9-6-4-5-8(7-9)14(2)12(20)17-13(21)18-14/h4-7,10H,3,15H2,1-2H3,(H,16,19)(H2,17,18,20,21)/t10-,14?/m0/s1. The number of benzene rings is 1. The number of hydrogen-bond acceptors (Lipinski definition) is 4. The first-order chi connectivity index (χ1) is 9.86. The second-order valence-corrected chi connectivity index (χ2v) is 5.12. The zero-order valence-electron chi connectivity index (χ0n) is 11.9. The van der Waals surface area contributed by atoms with Crippen LogP contribution >= 0.6 is 0 Å². The van der Waals surface area contributed by atoms with Gasteiger partial charge in [-0.2, -0.15) is 0 Å². The van der Waals surface area contributed by atoms with Crippen LogP contribution in [0.2, 0.25) is 0 Å². The molecule has 7 heteroatoms. The summed E-state index contributed by atoms with van der Waals surface area (Å²) in [6.45, 7) is 3.42. The van der Waals surface area contributed by atoms with E-state index < -0.39 is 23.5 Å². The van der Waals surface area contributed by atoms with Crippen molar-refractivity contribution in [3.63, 3.8) is 0 Å². The van der Waals surface area contributed by atoms with E-state index in [-0.39, 0.29) is 5.91 Å². The van der Waals surface area contributed by atoms with Gasteiger partial charge in [0.05, 0.1) is 6.04 Å². The van der Waals surface area contributed by atoms with E-state index in [1.807, 2.05) is 6.92 Å². The minimum absolute atomic E-state index is 0.292. The topological polar surface area (TPSA) is 113 Å². The summed E-state index contributed by atoms with van der Waals surface area (Å²) in [5, 5.41) is 7.46. The molecule has 0 saturated carbocycles. The molecule has 1 aromatic carbocycles. The largest absolute Gasteiger partial charge is 0.325 e. The van der Waals surface area contributed by atoms with Gasteiger partial charge < -0.3 is 16.4 Å².